The van der Waals surface area contributed by atoms with Gasteiger partial charge in [-0.15, -0.1) is 0 Å². The third-order valence-electron chi connectivity index (χ3n) is 4.08. The van der Waals surface area contributed by atoms with Crippen molar-refractivity contribution in [1.82, 2.24) is 4.90 Å². The lowest BCUT2D eigenvalue weighted by molar-refractivity contribution is 0.0944. The van der Waals surface area contributed by atoms with Crippen LogP contribution in [0.1, 0.15) is 28.3 Å². The quantitative estimate of drug-likeness (QED) is 0.800. The second kappa shape index (κ2) is 6.19. The molecule has 1 unspecified atom stereocenters. The van der Waals surface area contributed by atoms with Crippen LogP contribution < -0.4 is 0 Å². The predicted octanol–water partition coefficient (Wildman–Crippen LogP) is 3.50. The van der Waals surface area contributed by atoms with Gasteiger partial charge in [0.1, 0.15) is 5.82 Å². The van der Waals surface area contributed by atoms with E-state index in [4.69, 9.17) is 0 Å². The summed E-state index contributed by atoms with van der Waals surface area (Å²) in [6.45, 7) is 2.26. The average Bonchev–Trinajstić information content (AvgIpc) is 2.97. The standard InChI is InChI=1S/C18H18FNO/c19-17-8-6-15(7-9-17)18(21)13-20-11-10-16(12-20)14-4-2-1-3-5-14/h1-9,16H,10-13H2. The van der Waals surface area contributed by atoms with Crippen LogP contribution in [0.5, 0.6) is 0 Å². The van der Waals surface area contributed by atoms with E-state index in [0.29, 0.717) is 18.0 Å². The SMILES string of the molecule is O=C(CN1CCC(c2ccccc2)C1)c1ccc(F)cc1. The zero-order chi connectivity index (χ0) is 14.7. The molecule has 3 heteroatoms. The van der Waals surface area contributed by atoms with Crippen LogP contribution in [-0.2, 0) is 0 Å². The molecule has 0 aliphatic carbocycles. The second-order valence-corrected chi connectivity index (χ2v) is 5.56. The van der Waals surface area contributed by atoms with Gasteiger partial charge in [0, 0.05) is 12.1 Å². The van der Waals surface area contributed by atoms with Crippen LogP contribution in [0.3, 0.4) is 0 Å². The molecule has 1 aliphatic rings. The maximum Gasteiger partial charge on any atom is 0.176 e. The Bertz CT molecular complexity index is 609. The summed E-state index contributed by atoms with van der Waals surface area (Å²) >= 11 is 0. The molecule has 0 radical (unpaired) electrons. The number of carbonyl (C=O) groups excluding carboxylic acids is 1. The molecule has 1 saturated heterocycles. The molecular weight excluding hydrogens is 265 g/mol. The van der Waals surface area contributed by atoms with Crippen LogP contribution in [0.2, 0.25) is 0 Å². The fraction of sp³-hybridized carbons (Fsp3) is 0.278. The number of rotatable bonds is 4. The van der Waals surface area contributed by atoms with Gasteiger partial charge in [-0.2, -0.15) is 0 Å². The van der Waals surface area contributed by atoms with E-state index >= 15 is 0 Å². The zero-order valence-electron chi connectivity index (χ0n) is 11.8. The summed E-state index contributed by atoms with van der Waals surface area (Å²) < 4.78 is 12.9. The van der Waals surface area contributed by atoms with Crippen molar-refractivity contribution in [2.45, 2.75) is 12.3 Å². The van der Waals surface area contributed by atoms with Gasteiger partial charge in [0.15, 0.2) is 5.78 Å². The van der Waals surface area contributed by atoms with Crippen molar-refractivity contribution in [3.63, 3.8) is 0 Å². The van der Waals surface area contributed by atoms with Crippen LogP contribution in [0.4, 0.5) is 4.39 Å². The van der Waals surface area contributed by atoms with E-state index in [1.165, 1.54) is 17.7 Å². The lowest BCUT2D eigenvalue weighted by Crippen LogP contribution is -2.27. The van der Waals surface area contributed by atoms with Crippen LogP contribution in [0.15, 0.2) is 54.6 Å². The van der Waals surface area contributed by atoms with Crippen molar-refractivity contribution in [2.75, 3.05) is 19.6 Å². The van der Waals surface area contributed by atoms with Crippen LogP contribution in [0, 0.1) is 5.82 Å². The number of ketones is 1. The first kappa shape index (κ1) is 14.0. The minimum absolute atomic E-state index is 0.0590. The summed E-state index contributed by atoms with van der Waals surface area (Å²) in [4.78, 5) is 14.4. The van der Waals surface area contributed by atoms with Gasteiger partial charge in [0.2, 0.25) is 0 Å². The lowest BCUT2D eigenvalue weighted by Gasteiger charge is -2.15. The largest absolute Gasteiger partial charge is 0.295 e. The smallest absolute Gasteiger partial charge is 0.176 e. The fourth-order valence-electron chi connectivity index (χ4n) is 2.90. The Morgan fingerprint density at radius 3 is 2.52 bits per heavy atom. The lowest BCUT2D eigenvalue weighted by atomic mass is 9.99. The Labute approximate surface area is 124 Å². The highest BCUT2D eigenvalue weighted by atomic mass is 19.1. The molecule has 0 spiro atoms. The molecule has 0 amide bonds. The van der Waals surface area contributed by atoms with Crippen LogP contribution in [0.25, 0.3) is 0 Å². The molecule has 108 valence electrons. The molecule has 1 atom stereocenters. The molecule has 0 aromatic heterocycles. The molecule has 0 N–H and O–H groups in total. The van der Waals surface area contributed by atoms with Gasteiger partial charge in [-0.05, 0) is 48.7 Å². The number of hydrogen-bond acceptors (Lipinski definition) is 2. The number of nitrogens with zero attached hydrogens (tertiary/aromatic N) is 1. The summed E-state index contributed by atoms with van der Waals surface area (Å²) in [5, 5.41) is 0. The van der Waals surface area contributed by atoms with E-state index < -0.39 is 0 Å². The molecule has 2 nitrogen and oxygen atoms in total. The molecule has 0 bridgehead atoms. The fourth-order valence-corrected chi connectivity index (χ4v) is 2.90. The monoisotopic (exact) mass is 283 g/mol. The number of halogens is 1. The number of carbonyl (C=O) groups is 1. The molecule has 1 aliphatic heterocycles. The van der Waals surface area contributed by atoms with Crippen molar-refractivity contribution >= 4 is 5.78 Å². The molecule has 2 aromatic rings. The first-order valence-electron chi connectivity index (χ1n) is 7.28. The van der Waals surface area contributed by atoms with Crippen molar-refractivity contribution in [2.24, 2.45) is 0 Å². The number of Topliss-reactive ketones (excluding diaryl/α,β-unsaturated/α-hetero) is 1. The highest BCUT2D eigenvalue weighted by Crippen LogP contribution is 2.26. The van der Waals surface area contributed by atoms with Gasteiger partial charge < -0.3 is 0 Å². The molecule has 1 heterocycles. The summed E-state index contributed by atoms with van der Waals surface area (Å²) in [6.07, 6.45) is 1.08. The average molecular weight is 283 g/mol. The van der Waals surface area contributed by atoms with E-state index in [1.54, 1.807) is 12.1 Å². The summed E-state index contributed by atoms with van der Waals surface area (Å²) in [6, 6.07) is 16.2. The van der Waals surface area contributed by atoms with Gasteiger partial charge in [-0.3, -0.25) is 9.69 Å². The third kappa shape index (κ3) is 3.37. The molecule has 0 saturated carbocycles. The van der Waals surface area contributed by atoms with Crippen molar-refractivity contribution in [3.8, 4) is 0 Å². The Kier molecular flexibility index (Phi) is 4.11. The molecule has 21 heavy (non-hydrogen) atoms. The van der Waals surface area contributed by atoms with Crippen molar-refractivity contribution in [3.05, 3.63) is 71.5 Å². The van der Waals surface area contributed by atoms with Crippen molar-refractivity contribution < 1.29 is 9.18 Å². The van der Waals surface area contributed by atoms with Gasteiger partial charge in [0.05, 0.1) is 6.54 Å². The topological polar surface area (TPSA) is 20.3 Å². The summed E-state index contributed by atoms with van der Waals surface area (Å²) in [7, 11) is 0. The van der Waals surface area contributed by atoms with Gasteiger partial charge in [0.25, 0.3) is 0 Å². The summed E-state index contributed by atoms with van der Waals surface area (Å²) in [5.74, 6) is 0.257. The van der Waals surface area contributed by atoms with Crippen molar-refractivity contribution in [1.29, 1.82) is 0 Å². The molecule has 1 fully saturated rings. The zero-order valence-corrected chi connectivity index (χ0v) is 11.8. The predicted molar refractivity (Wildman–Crippen MR) is 81.0 cm³/mol. The maximum atomic E-state index is 12.9. The Morgan fingerprint density at radius 2 is 1.81 bits per heavy atom. The van der Waals surface area contributed by atoms with E-state index in [-0.39, 0.29) is 11.6 Å². The maximum absolute atomic E-state index is 12.9. The first-order valence-corrected chi connectivity index (χ1v) is 7.28. The van der Waals surface area contributed by atoms with Gasteiger partial charge in [-0.1, -0.05) is 30.3 Å². The molecule has 3 rings (SSSR count). The highest BCUT2D eigenvalue weighted by Gasteiger charge is 2.25. The first-order chi connectivity index (χ1) is 10.2. The minimum Gasteiger partial charge on any atom is -0.295 e. The molecular formula is C18H18FNO. The second-order valence-electron chi connectivity index (χ2n) is 5.56. The Balaban J connectivity index is 1.60. The van der Waals surface area contributed by atoms with Crippen LogP contribution >= 0.6 is 0 Å². The van der Waals surface area contributed by atoms with E-state index in [1.807, 2.05) is 6.07 Å². The Morgan fingerprint density at radius 1 is 1.10 bits per heavy atom. The van der Waals surface area contributed by atoms with Gasteiger partial charge >= 0.3 is 0 Å². The van der Waals surface area contributed by atoms with Crippen LogP contribution in [-0.4, -0.2) is 30.3 Å². The highest BCUT2D eigenvalue weighted by molar-refractivity contribution is 5.97. The minimum atomic E-state index is -0.308. The van der Waals surface area contributed by atoms with E-state index in [0.717, 1.165) is 19.5 Å². The molecule has 2 aromatic carbocycles. The third-order valence-corrected chi connectivity index (χ3v) is 4.08. The Hall–Kier alpha value is -2.00. The number of benzene rings is 2. The van der Waals surface area contributed by atoms with E-state index in [2.05, 4.69) is 29.2 Å². The van der Waals surface area contributed by atoms with E-state index in [9.17, 15) is 9.18 Å². The number of likely N-dealkylation sites (tertiary alicyclic amines) is 1. The normalized spacial score (nSPS) is 18.8. The summed E-state index contributed by atoms with van der Waals surface area (Å²) in [5.41, 5.74) is 1.92. The number of hydrogen-bond donors (Lipinski definition) is 0. The van der Waals surface area contributed by atoms with Gasteiger partial charge in [-0.25, -0.2) is 4.39 Å².